The van der Waals surface area contributed by atoms with Crippen LogP contribution in [0.15, 0.2) is 0 Å². The van der Waals surface area contributed by atoms with Gasteiger partial charge in [-0.1, -0.05) is 0 Å². The number of fused-ring (bicyclic) bond motifs is 3. The van der Waals surface area contributed by atoms with Gasteiger partial charge in [-0.3, -0.25) is 9.59 Å². The molecule has 0 radical (unpaired) electrons. The molecule has 0 aromatic rings. The van der Waals surface area contributed by atoms with Gasteiger partial charge in [-0.2, -0.15) is 0 Å². The highest BCUT2D eigenvalue weighted by Gasteiger charge is 2.58. The van der Waals surface area contributed by atoms with E-state index in [2.05, 4.69) is 0 Å². The van der Waals surface area contributed by atoms with Crippen LogP contribution in [-0.4, -0.2) is 36.9 Å². The van der Waals surface area contributed by atoms with Gasteiger partial charge in [0.2, 0.25) is 0 Å². The smallest absolute Gasteiger partial charge is 0.309 e. The summed E-state index contributed by atoms with van der Waals surface area (Å²) in [5.74, 6) is -2.08. The van der Waals surface area contributed by atoms with Crippen LogP contribution in [0.3, 0.4) is 0 Å². The first-order valence-electron chi connectivity index (χ1n) is 5.96. The molecule has 3 fully saturated rings. The average Bonchev–Trinajstić information content (AvgIpc) is 2.41. The van der Waals surface area contributed by atoms with Crippen molar-refractivity contribution in [3.8, 4) is 0 Å². The second-order valence-electron chi connectivity index (χ2n) is 4.89. The number of methoxy groups -OCH3 is 2. The molecule has 0 aromatic heterocycles. The third-order valence-electron chi connectivity index (χ3n) is 4.21. The molecule has 3 rings (SSSR count). The Morgan fingerprint density at radius 2 is 1.22 bits per heavy atom. The number of halogens is 2. The maximum Gasteiger partial charge on any atom is 0.309 e. The van der Waals surface area contributed by atoms with Crippen molar-refractivity contribution in [3.63, 3.8) is 0 Å². The number of carbonyl (C=O) groups is 2. The number of hydrogen-bond acceptors (Lipinski definition) is 4. The molecule has 0 aliphatic heterocycles. The summed E-state index contributed by atoms with van der Waals surface area (Å²) in [6, 6.07) is 0. The van der Waals surface area contributed by atoms with Crippen LogP contribution in [0, 0.1) is 23.7 Å². The lowest BCUT2D eigenvalue weighted by Crippen LogP contribution is -2.57. The molecule has 0 unspecified atom stereocenters. The van der Waals surface area contributed by atoms with Crippen molar-refractivity contribution >= 4 is 35.1 Å². The van der Waals surface area contributed by atoms with E-state index in [1.807, 2.05) is 0 Å². The molecule has 0 amide bonds. The highest BCUT2D eigenvalue weighted by molar-refractivity contribution is 6.30. The van der Waals surface area contributed by atoms with Crippen molar-refractivity contribution in [2.75, 3.05) is 14.2 Å². The molecular formula is C12H16Cl2O4. The molecule has 0 heterocycles. The summed E-state index contributed by atoms with van der Waals surface area (Å²) in [5, 5.41) is -0.592. The number of rotatable bonds is 2. The van der Waals surface area contributed by atoms with Gasteiger partial charge in [0.15, 0.2) is 0 Å². The lowest BCUT2D eigenvalue weighted by Gasteiger charge is -2.50. The Kier molecular flexibility index (Phi) is 4.07. The van der Waals surface area contributed by atoms with E-state index in [1.54, 1.807) is 0 Å². The molecule has 0 N–H and O–H groups in total. The fourth-order valence-corrected chi connectivity index (χ4v) is 4.32. The van der Waals surface area contributed by atoms with Gasteiger partial charge in [0.25, 0.3) is 0 Å². The first-order valence-corrected chi connectivity index (χ1v) is 6.84. The molecule has 18 heavy (non-hydrogen) atoms. The van der Waals surface area contributed by atoms with Gasteiger partial charge in [-0.15, -0.1) is 23.2 Å². The van der Waals surface area contributed by atoms with Crippen molar-refractivity contribution in [2.24, 2.45) is 23.7 Å². The van der Waals surface area contributed by atoms with Crippen LogP contribution in [0.2, 0.25) is 0 Å². The standard InChI is InChI=1S/C12H16Cl2O4/c1-17-11(15)7-5-3-4-6(10(14)9(5)13)8(7)12(16)18-2/h5-10H,3-4H2,1-2H3/t5-,6+,7-,8+,9-,10+. The van der Waals surface area contributed by atoms with E-state index < -0.39 is 23.8 Å². The van der Waals surface area contributed by atoms with E-state index in [9.17, 15) is 9.59 Å². The van der Waals surface area contributed by atoms with Crippen LogP contribution in [0.5, 0.6) is 0 Å². The number of esters is 2. The lowest BCUT2D eigenvalue weighted by molar-refractivity contribution is -0.169. The van der Waals surface area contributed by atoms with Crippen LogP contribution < -0.4 is 0 Å². The van der Waals surface area contributed by atoms with Crippen molar-refractivity contribution in [1.29, 1.82) is 0 Å². The minimum atomic E-state index is -0.529. The topological polar surface area (TPSA) is 52.6 Å². The zero-order valence-corrected chi connectivity index (χ0v) is 11.8. The number of carbonyl (C=O) groups excluding carboxylic acids is 2. The Morgan fingerprint density at radius 3 is 1.50 bits per heavy atom. The summed E-state index contributed by atoms with van der Waals surface area (Å²) in [5.41, 5.74) is 0. The summed E-state index contributed by atoms with van der Waals surface area (Å²) in [6.45, 7) is 0. The maximum atomic E-state index is 11.9. The van der Waals surface area contributed by atoms with Crippen LogP contribution in [0.1, 0.15) is 12.8 Å². The predicted molar refractivity (Wildman–Crippen MR) is 66.5 cm³/mol. The minimum Gasteiger partial charge on any atom is -0.469 e. The number of ether oxygens (including phenoxy) is 2. The molecule has 3 aliphatic carbocycles. The van der Waals surface area contributed by atoms with Gasteiger partial charge < -0.3 is 9.47 Å². The predicted octanol–water partition coefficient (Wildman–Crippen LogP) is 1.82. The fraction of sp³-hybridized carbons (Fsp3) is 0.833. The number of hydrogen-bond donors (Lipinski definition) is 0. The highest BCUT2D eigenvalue weighted by Crippen LogP contribution is 2.53. The SMILES string of the molecule is COC(=O)[C@@H]1[C@H]2CC[C@H]([C@H](Cl)[C@@H]2Cl)[C@@H]1C(=O)OC. The molecule has 6 heteroatoms. The maximum absolute atomic E-state index is 11.9. The zero-order valence-electron chi connectivity index (χ0n) is 10.3. The lowest BCUT2D eigenvalue weighted by atomic mass is 9.58. The molecule has 102 valence electrons. The molecule has 6 atom stereocenters. The van der Waals surface area contributed by atoms with Crippen molar-refractivity contribution in [1.82, 2.24) is 0 Å². The van der Waals surface area contributed by atoms with E-state index in [1.165, 1.54) is 14.2 Å². The molecule has 2 bridgehead atoms. The molecule has 4 nitrogen and oxygen atoms in total. The van der Waals surface area contributed by atoms with Crippen LogP contribution in [-0.2, 0) is 19.1 Å². The monoisotopic (exact) mass is 294 g/mol. The number of alkyl halides is 2. The zero-order chi connectivity index (χ0) is 13.4. The Labute approximate surface area is 116 Å². The summed E-state index contributed by atoms with van der Waals surface area (Å²) in [6.07, 6.45) is 1.60. The Balaban J connectivity index is 2.35. The third kappa shape index (κ3) is 1.99. The van der Waals surface area contributed by atoms with Gasteiger partial charge in [0, 0.05) is 0 Å². The fourth-order valence-electron chi connectivity index (χ4n) is 3.38. The normalized spacial score (nSPS) is 42.4. The summed E-state index contributed by atoms with van der Waals surface area (Å²) in [4.78, 5) is 23.8. The van der Waals surface area contributed by atoms with Crippen LogP contribution in [0.25, 0.3) is 0 Å². The average molecular weight is 295 g/mol. The Hall–Kier alpha value is -0.480. The van der Waals surface area contributed by atoms with Gasteiger partial charge in [-0.05, 0) is 24.7 Å². The van der Waals surface area contributed by atoms with E-state index in [-0.39, 0.29) is 22.6 Å². The Bertz CT molecular complexity index is 326. The van der Waals surface area contributed by atoms with E-state index >= 15 is 0 Å². The minimum absolute atomic E-state index is 0.115. The summed E-state index contributed by atoms with van der Waals surface area (Å²) in [7, 11) is 2.64. The first-order chi connectivity index (χ1) is 8.52. The van der Waals surface area contributed by atoms with E-state index in [0.717, 1.165) is 12.8 Å². The van der Waals surface area contributed by atoms with Gasteiger partial charge in [0.1, 0.15) is 0 Å². The summed E-state index contributed by atoms with van der Waals surface area (Å²) < 4.78 is 9.60. The molecule has 0 saturated heterocycles. The second-order valence-corrected chi connectivity index (χ2v) is 5.90. The van der Waals surface area contributed by atoms with Crippen molar-refractivity contribution in [2.45, 2.75) is 23.6 Å². The molecule has 3 aliphatic rings. The summed E-state index contributed by atoms with van der Waals surface area (Å²) >= 11 is 12.6. The molecule has 0 aromatic carbocycles. The van der Waals surface area contributed by atoms with Gasteiger partial charge in [0.05, 0.1) is 36.8 Å². The molecule has 0 spiro atoms. The first kappa shape index (κ1) is 13.9. The molecular weight excluding hydrogens is 279 g/mol. The van der Waals surface area contributed by atoms with Gasteiger partial charge in [-0.25, -0.2) is 0 Å². The van der Waals surface area contributed by atoms with Crippen LogP contribution in [0.4, 0.5) is 0 Å². The van der Waals surface area contributed by atoms with Crippen molar-refractivity contribution < 1.29 is 19.1 Å². The van der Waals surface area contributed by atoms with Crippen molar-refractivity contribution in [3.05, 3.63) is 0 Å². The third-order valence-corrected chi connectivity index (χ3v) is 5.53. The quantitative estimate of drug-likeness (QED) is 0.576. The largest absolute Gasteiger partial charge is 0.469 e. The van der Waals surface area contributed by atoms with E-state index in [0.29, 0.717) is 0 Å². The Morgan fingerprint density at radius 1 is 0.889 bits per heavy atom. The van der Waals surface area contributed by atoms with Gasteiger partial charge >= 0.3 is 11.9 Å². The molecule has 3 saturated carbocycles. The van der Waals surface area contributed by atoms with E-state index in [4.69, 9.17) is 32.7 Å². The van der Waals surface area contributed by atoms with Crippen LogP contribution >= 0.6 is 23.2 Å². The second kappa shape index (κ2) is 5.25. The highest BCUT2D eigenvalue weighted by atomic mass is 35.5.